The highest BCUT2D eigenvalue weighted by atomic mass is 16.2. The van der Waals surface area contributed by atoms with Crippen LogP contribution in [0.15, 0.2) is 0 Å². The summed E-state index contributed by atoms with van der Waals surface area (Å²) in [4.78, 5) is 25.0. The summed E-state index contributed by atoms with van der Waals surface area (Å²) in [6.07, 6.45) is 6.03. The number of imide groups is 1. The van der Waals surface area contributed by atoms with E-state index in [4.69, 9.17) is 0 Å². The van der Waals surface area contributed by atoms with Gasteiger partial charge in [0, 0.05) is 19.5 Å². The van der Waals surface area contributed by atoms with Crippen molar-refractivity contribution in [2.24, 2.45) is 11.3 Å². The third-order valence-corrected chi connectivity index (χ3v) is 4.94. The van der Waals surface area contributed by atoms with Gasteiger partial charge in [-0.1, -0.05) is 33.6 Å². The van der Waals surface area contributed by atoms with Crippen molar-refractivity contribution < 1.29 is 9.59 Å². The first-order valence-electron chi connectivity index (χ1n) is 7.87. The van der Waals surface area contributed by atoms with Crippen LogP contribution < -0.4 is 5.32 Å². The fraction of sp³-hybridized carbons (Fsp3) is 0.875. The predicted octanol–water partition coefficient (Wildman–Crippen LogP) is 2.33. The number of nitrogens with zero attached hydrogens (tertiary/aromatic N) is 1. The number of nitrogens with one attached hydrogen (secondary N) is 1. The molecule has 1 aliphatic heterocycles. The molecule has 3 unspecified atom stereocenters. The number of amides is 2. The van der Waals surface area contributed by atoms with Gasteiger partial charge in [-0.3, -0.25) is 14.5 Å². The van der Waals surface area contributed by atoms with Crippen LogP contribution in [0.3, 0.4) is 0 Å². The lowest BCUT2D eigenvalue weighted by Crippen LogP contribution is -2.56. The molecule has 0 aromatic rings. The molecule has 0 radical (unpaired) electrons. The summed E-state index contributed by atoms with van der Waals surface area (Å²) in [5.41, 5.74) is 0.261. The summed E-state index contributed by atoms with van der Waals surface area (Å²) in [6.45, 7) is 6.86. The third kappa shape index (κ3) is 3.22. The molecule has 0 spiro atoms. The second kappa shape index (κ2) is 5.84. The van der Waals surface area contributed by atoms with Gasteiger partial charge >= 0.3 is 0 Å². The van der Waals surface area contributed by atoms with Crippen LogP contribution in [0.25, 0.3) is 0 Å². The van der Waals surface area contributed by atoms with E-state index in [0.717, 1.165) is 6.42 Å². The molecule has 2 fully saturated rings. The maximum atomic E-state index is 12.2. The van der Waals surface area contributed by atoms with E-state index in [0.29, 0.717) is 24.8 Å². The van der Waals surface area contributed by atoms with E-state index >= 15 is 0 Å². The minimum Gasteiger partial charge on any atom is -0.303 e. The van der Waals surface area contributed by atoms with Gasteiger partial charge < -0.3 is 5.32 Å². The van der Waals surface area contributed by atoms with Crippen LogP contribution in [-0.4, -0.2) is 35.8 Å². The number of rotatable bonds is 2. The highest BCUT2D eigenvalue weighted by Gasteiger charge is 2.38. The maximum Gasteiger partial charge on any atom is 0.246 e. The van der Waals surface area contributed by atoms with Crippen molar-refractivity contribution in [1.82, 2.24) is 10.2 Å². The average molecular weight is 280 g/mol. The molecule has 3 atom stereocenters. The quantitative estimate of drug-likeness (QED) is 0.790. The van der Waals surface area contributed by atoms with Crippen molar-refractivity contribution in [2.75, 3.05) is 7.05 Å². The first-order chi connectivity index (χ1) is 9.30. The number of hydrogen-bond donors (Lipinski definition) is 1. The highest BCUT2D eigenvalue weighted by Crippen LogP contribution is 2.38. The molecule has 2 rings (SSSR count). The molecule has 1 N–H and O–H groups in total. The summed E-state index contributed by atoms with van der Waals surface area (Å²) in [5.74, 6) is 0.496. The van der Waals surface area contributed by atoms with Crippen LogP contribution in [0, 0.1) is 11.3 Å². The van der Waals surface area contributed by atoms with Gasteiger partial charge in [0.1, 0.15) is 0 Å². The van der Waals surface area contributed by atoms with Crippen molar-refractivity contribution >= 4 is 11.8 Å². The summed E-state index contributed by atoms with van der Waals surface area (Å²) >= 11 is 0. The Hall–Kier alpha value is -0.900. The van der Waals surface area contributed by atoms with Gasteiger partial charge in [0.05, 0.1) is 6.04 Å². The van der Waals surface area contributed by atoms with E-state index in [2.05, 4.69) is 26.1 Å². The molecule has 2 amide bonds. The topological polar surface area (TPSA) is 49.4 Å². The Morgan fingerprint density at radius 2 is 1.75 bits per heavy atom. The lowest BCUT2D eigenvalue weighted by atomic mass is 9.69. The van der Waals surface area contributed by atoms with E-state index in [1.54, 1.807) is 7.05 Å². The Kier molecular flexibility index (Phi) is 4.52. The second-order valence-corrected chi connectivity index (χ2v) is 7.41. The molecule has 0 aromatic heterocycles. The van der Waals surface area contributed by atoms with Crippen LogP contribution in [-0.2, 0) is 9.59 Å². The van der Waals surface area contributed by atoms with Gasteiger partial charge in [0.25, 0.3) is 0 Å². The number of carbonyl (C=O) groups excluding carboxylic acids is 2. The standard InChI is InChI=1S/C16H28N2O2/c1-16(2,3)11-7-5-6-8-12(11)17-13-9-10-14(19)18(4)15(13)20/h11-13,17H,5-10H2,1-4H3. The maximum absolute atomic E-state index is 12.2. The smallest absolute Gasteiger partial charge is 0.246 e. The van der Waals surface area contributed by atoms with Crippen LogP contribution in [0.1, 0.15) is 59.3 Å². The molecule has 0 bridgehead atoms. The van der Waals surface area contributed by atoms with E-state index in [1.807, 2.05) is 0 Å². The largest absolute Gasteiger partial charge is 0.303 e. The number of carbonyl (C=O) groups is 2. The van der Waals surface area contributed by atoms with Gasteiger partial charge in [0.15, 0.2) is 0 Å². The molecule has 1 saturated carbocycles. The second-order valence-electron chi connectivity index (χ2n) is 7.41. The summed E-state index contributed by atoms with van der Waals surface area (Å²) in [6, 6.07) is 0.227. The fourth-order valence-corrected chi connectivity index (χ4v) is 3.70. The Morgan fingerprint density at radius 1 is 1.10 bits per heavy atom. The molecule has 0 aromatic carbocycles. The van der Waals surface area contributed by atoms with Gasteiger partial charge in [-0.25, -0.2) is 0 Å². The SMILES string of the molecule is CN1C(=O)CCC(NC2CCCCC2C(C)(C)C)C1=O. The normalized spacial score (nSPS) is 32.6. The summed E-state index contributed by atoms with van der Waals surface area (Å²) in [7, 11) is 1.60. The Balaban J connectivity index is 2.04. The van der Waals surface area contributed by atoms with Crippen molar-refractivity contribution in [3.8, 4) is 0 Å². The zero-order chi connectivity index (χ0) is 14.9. The Morgan fingerprint density at radius 3 is 2.40 bits per heavy atom. The number of likely N-dealkylation sites (tertiary alicyclic amines) is 1. The van der Waals surface area contributed by atoms with Crippen LogP contribution in [0.2, 0.25) is 0 Å². The van der Waals surface area contributed by atoms with Crippen molar-refractivity contribution in [2.45, 2.75) is 71.4 Å². The lowest BCUT2D eigenvalue weighted by Gasteiger charge is -2.43. The molecule has 1 saturated heterocycles. The summed E-state index contributed by atoms with van der Waals surface area (Å²) in [5, 5.41) is 3.57. The third-order valence-electron chi connectivity index (χ3n) is 4.94. The van der Waals surface area contributed by atoms with Gasteiger partial charge in [-0.15, -0.1) is 0 Å². The van der Waals surface area contributed by atoms with Crippen molar-refractivity contribution in [3.05, 3.63) is 0 Å². The van der Waals surface area contributed by atoms with Crippen LogP contribution in [0.5, 0.6) is 0 Å². The molecular formula is C16H28N2O2. The number of likely N-dealkylation sites (N-methyl/N-ethyl adjacent to an activating group) is 1. The lowest BCUT2D eigenvalue weighted by molar-refractivity contribution is -0.148. The minimum absolute atomic E-state index is 0.0518. The minimum atomic E-state index is -0.175. The van der Waals surface area contributed by atoms with Crippen molar-refractivity contribution in [1.29, 1.82) is 0 Å². The van der Waals surface area contributed by atoms with Gasteiger partial charge in [-0.2, -0.15) is 0 Å². The van der Waals surface area contributed by atoms with Gasteiger partial charge in [0.2, 0.25) is 11.8 Å². The molecule has 1 aliphatic carbocycles. The van der Waals surface area contributed by atoms with E-state index in [-0.39, 0.29) is 23.3 Å². The zero-order valence-electron chi connectivity index (χ0n) is 13.2. The molecular weight excluding hydrogens is 252 g/mol. The molecule has 20 heavy (non-hydrogen) atoms. The average Bonchev–Trinajstić information content (AvgIpc) is 2.39. The van der Waals surface area contributed by atoms with Crippen LogP contribution >= 0.6 is 0 Å². The number of piperidine rings is 1. The van der Waals surface area contributed by atoms with Gasteiger partial charge in [-0.05, 0) is 30.6 Å². The van der Waals surface area contributed by atoms with Crippen molar-refractivity contribution in [3.63, 3.8) is 0 Å². The Labute approximate surface area is 122 Å². The monoisotopic (exact) mass is 280 g/mol. The zero-order valence-corrected chi connectivity index (χ0v) is 13.2. The molecule has 2 aliphatic rings. The van der Waals surface area contributed by atoms with Crippen LogP contribution in [0.4, 0.5) is 0 Å². The molecule has 4 nitrogen and oxygen atoms in total. The van der Waals surface area contributed by atoms with E-state index in [9.17, 15) is 9.59 Å². The highest BCUT2D eigenvalue weighted by molar-refractivity contribution is 6.00. The predicted molar refractivity (Wildman–Crippen MR) is 79.1 cm³/mol. The van der Waals surface area contributed by atoms with E-state index < -0.39 is 0 Å². The van der Waals surface area contributed by atoms with E-state index in [1.165, 1.54) is 24.2 Å². The number of hydrogen-bond acceptors (Lipinski definition) is 3. The Bertz CT molecular complexity index is 386. The fourth-order valence-electron chi connectivity index (χ4n) is 3.70. The first kappa shape index (κ1) is 15.5. The molecule has 4 heteroatoms. The summed E-state index contributed by atoms with van der Waals surface area (Å²) < 4.78 is 0. The first-order valence-corrected chi connectivity index (χ1v) is 7.87. The molecule has 1 heterocycles. The molecule has 114 valence electrons.